The van der Waals surface area contributed by atoms with E-state index in [2.05, 4.69) is 9.97 Å². The maximum absolute atomic E-state index is 12.6. The monoisotopic (exact) mass is 401 g/mol. The average Bonchev–Trinajstić information content (AvgIpc) is 2.97. The van der Waals surface area contributed by atoms with Gasteiger partial charge in [0, 0.05) is 36.0 Å². The van der Waals surface area contributed by atoms with Gasteiger partial charge in [0.2, 0.25) is 18.3 Å². The number of hydrogen-bond acceptors (Lipinski definition) is 5. The van der Waals surface area contributed by atoms with Crippen LogP contribution >= 0.6 is 11.6 Å². The van der Waals surface area contributed by atoms with Gasteiger partial charge in [0.1, 0.15) is 4.90 Å². The van der Waals surface area contributed by atoms with Crippen LogP contribution in [0.1, 0.15) is 5.56 Å². The van der Waals surface area contributed by atoms with Crippen molar-refractivity contribution < 1.29 is 21.9 Å². The van der Waals surface area contributed by atoms with Gasteiger partial charge in [-0.25, -0.2) is 22.2 Å². The van der Waals surface area contributed by atoms with Gasteiger partial charge < -0.3 is 4.74 Å². The van der Waals surface area contributed by atoms with E-state index in [0.29, 0.717) is 10.9 Å². The summed E-state index contributed by atoms with van der Waals surface area (Å²) < 4.78 is 56.2. The van der Waals surface area contributed by atoms with Crippen LogP contribution < -0.4 is 4.74 Å². The fraction of sp³-hybridized carbons (Fsp3) is 0.250. The van der Waals surface area contributed by atoms with E-state index in [9.17, 15) is 17.2 Å². The van der Waals surface area contributed by atoms with Gasteiger partial charge in [-0.3, -0.25) is 4.57 Å². The molecule has 0 saturated carbocycles. The molecular weight excluding hydrogens is 388 g/mol. The third kappa shape index (κ3) is 3.36. The highest BCUT2D eigenvalue weighted by molar-refractivity contribution is 7.91. The number of methoxy groups -OCH3 is 1. The first kappa shape index (κ1) is 18.5. The van der Waals surface area contributed by atoms with Crippen LogP contribution in [-0.2, 0) is 16.3 Å². The molecule has 0 unspecified atom stereocenters. The summed E-state index contributed by atoms with van der Waals surface area (Å²) in [4.78, 5) is 8.18. The molecule has 0 aliphatic heterocycles. The number of benzene rings is 1. The number of alkyl halides is 2. The van der Waals surface area contributed by atoms with Gasteiger partial charge in [-0.05, 0) is 12.1 Å². The van der Waals surface area contributed by atoms with Crippen LogP contribution in [0.15, 0.2) is 35.5 Å². The van der Waals surface area contributed by atoms with Crippen molar-refractivity contribution in [3.05, 3.63) is 41.2 Å². The topological polar surface area (TPSA) is 74.1 Å². The first-order chi connectivity index (χ1) is 12.2. The molecule has 0 aliphatic rings. The molecule has 0 amide bonds. The third-order valence-electron chi connectivity index (χ3n) is 3.72. The summed E-state index contributed by atoms with van der Waals surface area (Å²) in [5, 5.41) is 0.690. The molecule has 10 heteroatoms. The molecule has 3 rings (SSSR count). The lowest BCUT2D eigenvalue weighted by atomic mass is 10.2. The van der Waals surface area contributed by atoms with Crippen LogP contribution in [0, 0.1) is 0 Å². The summed E-state index contributed by atoms with van der Waals surface area (Å²) in [6, 6.07) is 4.85. The van der Waals surface area contributed by atoms with Crippen LogP contribution in [0.25, 0.3) is 16.9 Å². The maximum atomic E-state index is 12.6. The van der Waals surface area contributed by atoms with E-state index in [1.54, 1.807) is 18.3 Å². The van der Waals surface area contributed by atoms with Crippen molar-refractivity contribution in [1.82, 2.24) is 14.5 Å². The zero-order valence-corrected chi connectivity index (χ0v) is 15.4. The molecular formula is C16H14ClF2N3O3S. The number of hydrogen-bond donors (Lipinski definition) is 0. The summed E-state index contributed by atoms with van der Waals surface area (Å²) in [6.07, 6.45) is 0.761. The Morgan fingerprint density at radius 3 is 2.65 bits per heavy atom. The fourth-order valence-corrected chi connectivity index (χ4v) is 4.24. The minimum atomic E-state index is -3.64. The Bertz CT molecular complexity index is 1080. The molecule has 2 aromatic heterocycles. The Labute approximate surface area is 153 Å². The Morgan fingerprint density at radius 2 is 2.04 bits per heavy atom. The Morgan fingerprint density at radius 1 is 1.31 bits per heavy atom. The molecule has 3 aromatic rings. The molecule has 0 atom stereocenters. The van der Waals surface area contributed by atoms with E-state index < -0.39 is 22.7 Å². The highest BCUT2D eigenvalue weighted by atomic mass is 35.5. The van der Waals surface area contributed by atoms with Crippen LogP contribution in [0.3, 0.4) is 0 Å². The second-order valence-electron chi connectivity index (χ2n) is 5.57. The third-order valence-corrected chi connectivity index (χ3v) is 5.31. The number of ether oxygens (including phenoxy) is 1. The Kier molecular flexibility index (Phi) is 4.85. The molecule has 0 N–H and O–H groups in total. The first-order valence-corrected chi connectivity index (χ1v) is 9.67. The van der Waals surface area contributed by atoms with E-state index in [4.69, 9.17) is 16.3 Å². The quantitative estimate of drug-likeness (QED) is 0.655. The van der Waals surface area contributed by atoms with Crippen LogP contribution in [-0.4, -0.2) is 42.7 Å². The number of fused-ring (bicyclic) bond motifs is 1. The van der Waals surface area contributed by atoms with Crippen molar-refractivity contribution >= 4 is 32.3 Å². The smallest absolute Gasteiger partial charge is 0.242 e. The number of aromatic nitrogens is 3. The predicted octanol–water partition coefficient (Wildman–Crippen LogP) is 3.29. The lowest BCUT2D eigenvalue weighted by Crippen LogP contribution is -2.08. The molecule has 0 bridgehead atoms. The molecule has 6 nitrogen and oxygen atoms in total. The van der Waals surface area contributed by atoms with Crippen molar-refractivity contribution in [1.29, 1.82) is 0 Å². The van der Waals surface area contributed by atoms with Crippen LogP contribution in [0.2, 0.25) is 5.02 Å². The fourth-order valence-electron chi connectivity index (χ4n) is 2.67. The van der Waals surface area contributed by atoms with Gasteiger partial charge in [-0.15, -0.1) is 0 Å². The Balaban J connectivity index is 2.25. The standard InChI is InChI=1S/C16H14ClF2N3O3S/c1-25-15-10(7-12(18)19)8-20-16(21-15)22-6-5-9-3-4-11(17)14(13(9)22)26(2,23)24/h3-6,8,12H,7H2,1-2H3. The van der Waals surface area contributed by atoms with Crippen LogP contribution in [0.4, 0.5) is 8.78 Å². The lowest BCUT2D eigenvalue weighted by molar-refractivity contribution is 0.147. The molecule has 0 spiro atoms. The van der Waals surface area contributed by atoms with Crippen molar-refractivity contribution in [3.63, 3.8) is 0 Å². The molecule has 0 saturated heterocycles. The highest BCUT2D eigenvalue weighted by Crippen LogP contribution is 2.32. The minimum Gasteiger partial charge on any atom is -0.481 e. The first-order valence-electron chi connectivity index (χ1n) is 7.40. The van der Waals surface area contributed by atoms with E-state index in [-0.39, 0.29) is 27.3 Å². The van der Waals surface area contributed by atoms with Crippen LogP contribution in [0.5, 0.6) is 5.88 Å². The number of sulfone groups is 1. The van der Waals surface area contributed by atoms with E-state index in [1.165, 1.54) is 23.9 Å². The van der Waals surface area contributed by atoms with E-state index in [0.717, 1.165) is 6.26 Å². The average molecular weight is 402 g/mol. The Hall–Kier alpha value is -2.26. The van der Waals surface area contributed by atoms with Crippen molar-refractivity contribution in [2.45, 2.75) is 17.7 Å². The summed E-state index contributed by atoms with van der Waals surface area (Å²) >= 11 is 6.10. The molecule has 26 heavy (non-hydrogen) atoms. The molecule has 2 heterocycles. The maximum Gasteiger partial charge on any atom is 0.242 e. The molecule has 138 valence electrons. The lowest BCUT2D eigenvalue weighted by Gasteiger charge is -2.12. The number of rotatable bonds is 5. The molecule has 0 radical (unpaired) electrons. The van der Waals surface area contributed by atoms with E-state index >= 15 is 0 Å². The summed E-state index contributed by atoms with van der Waals surface area (Å²) in [7, 11) is -2.33. The van der Waals surface area contributed by atoms with Gasteiger partial charge in [-0.2, -0.15) is 4.98 Å². The van der Waals surface area contributed by atoms with Crippen molar-refractivity contribution in [2.75, 3.05) is 13.4 Å². The zero-order chi connectivity index (χ0) is 19.1. The van der Waals surface area contributed by atoms with E-state index in [1.807, 2.05) is 0 Å². The number of halogens is 3. The second-order valence-corrected chi connectivity index (χ2v) is 7.93. The number of nitrogens with zero attached hydrogens (tertiary/aromatic N) is 3. The predicted molar refractivity (Wildman–Crippen MR) is 93.2 cm³/mol. The van der Waals surface area contributed by atoms with Crippen molar-refractivity contribution in [2.24, 2.45) is 0 Å². The van der Waals surface area contributed by atoms with Gasteiger partial charge in [0.15, 0.2) is 9.84 Å². The zero-order valence-electron chi connectivity index (χ0n) is 13.8. The van der Waals surface area contributed by atoms with Gasteiger partial charge in [-0.1, -0.05) is 17.7 Å². The van der Waals surface area contributed by atoms with Gasteiger partial charge in [0.25, 0.3) is 0 Å². The normalized spacial score (nSPS) is 12.1. The summed E-state index contributed by atoms with van der Waals surface area (Å²) in [5.74, 6) is 0.0853. The summed E-state index contributed by atoms with van der Waals surface area (Å²) in [6.45, 7) is 0. The molecule has 0 aliphatic carbocycles. The second kappa shape index (κ2) is 6.81. The minimum absolute atomic E-state index is 0.0000775. The van der Waals surface area contributed by atoms with Gasteiger partial charge >= 0.3 is 0 Å². The summed E-state index contributed by atoms with van der Waals surface area (Å²) in [5.41, 5.74) is 0.466. The van der Waals surface area contributed by atoms with Crippen molar-refractivity contribution in [3.8, 4) is 11.8 Å². The molecule has 0 fully saturated rings. The largest absolute Gasteiger partial charge is 0.481 e. The molecule has 1 aromatic carbocycles. The highest BCUT2D eigenvalue weighted by Gasteiger charge is 2.21. The van der Waals surface area contributed by atoms with Gasteiger partial charge in [0.05, 0.1) is 17.6 Å². The SMILES string of the molecule is COc1nc(-n2ccc3ccc(Cl)c(S(C)(=O)=O)c32)ncc1CC(F)F.